The molecule has 155 valence electrons. The molecule has 2 N–H and O–H groups in total. The molecule has 1 amide bonds. The number of hydrogen-bond donors (Lipinski definition) is 2. The third-order valence-electron chi connectivity index (χ3n) is 5.31. The molecule has 1 aromatic carbocycles. The second-order valence-electron chi connectivity index (χ2n) is 8.73. The molecule has 2 aliphatic heterocycles. The van der Waals surface area contributed by atoms with Crippen LogP contribution in [0.3, 0.4) is 0 Å². The molecule has 0 bridgehead atoms. The van der Waals surface area contributed by atoms with E-state index in [1.165, 1.54) is 5.56 Å². The van der Waals surface area contributed by atoms with E-state index in [1.807, 2.05) is 40.9 Å². The van der Waals surface area contributed by atoms with Crippen molar-refractivity contribution in [2.24, 2.45) is 10.5 Å². The van der Waals surface area contributed by atoms with Gasteiger partial charge in [0.15, 0.2) is 7.05 Å². The molecule has 0 saturated carbocycles. The van der Waals surface area contributed by atoms with Crippen molar-refractivity contribution in [3.8, 4) is 0 Å². The number of likely N-dealkylation sites (N-methyl/N-ethyl adjacent to an activating group) is 1. The highest BCUT2D eigenvalue weighted by molar-refractivity contribution is 5.94. The molecule has 7 heteroatoms. The summed E-state index contributed by atoms with van der Waals surface area (Å²) in [5.74, 6) is 0.833. The monoisotopic (exact) mass is 404 g/mol. The number of aromatic nitrogens is 1. The number of allylic oxidation sites excluding steroid dienone is 1. The molecule has 4 rings (SSSR count). The molecule has 0 aliphatic carbocycles. The molecular formula is C23H28N6O+. The third kappa shape index (κ3) is 4.06. The summed E-state index contributed by atoms with van der Waals surface area (Å²) in [6.07, 6.45) is 5.65. The quantitative estimate of drug-likeness (QED) is 0.726. The first-order valence-corrected chi connectivity index (χ1v) is 10.2. The van der Waals surface area contributed by atoms with Crippen LogP contribution in [0.25, 0.3) is 0 Å². The maximum absolute atomic E-state index is 11.7. The molecule has 0 saturated heterocycles. The number of amides is 1. The standard InChI is InChI=1S/C23H28N6O/c1-15(30)29-11-9-16-12-17(6-7-19(16)29)25-21-13-18(8-10-24-21)26-22-14-20(23(2,3)4)27-28(22)5/h6-8,10,12-14H,9,11H2,1-5H3,(H2,24,25,26)/q+1. The van der Waals surface area contributed by atoms with E-state index in [1.54, 1.807) is 13.1 Å². The first-order valence-electron chi connectivity index (χ1n) is 10.2. The van der Waals surface area contributed by atoms with Gasteiger partial charge in [0, 0.05) is 54.3 Å². The van der Waals surface area contributed by atoms with Gasteiger partial charge in [0.25, 0.3) is 0 Å². The first kappa shape index (κ1) is 20.1. The highest BCUT2D eigenvalue weighted by atomic mass is 16.2. The van der Waals surface area contributed by atoms with Gasteiger partial charge in [-0.05, 0) is 41.4 Å². The van der Waals surface area contributed by atoms with Crippen LogP contribution in [0.15, 0.2) is 53.4 Å². The molecule has 3 heterocycles. The summed E-state index contributed by atoms with van der Waals surface area (Å²) in [7, 11) is 1.94. The minimum Gasteiger partial charge on any atom is -0.340 e. The lowest BCUT2D eigenvalue weighted by Crippen LogP contribution is -2.25. The van der Waals surface area contributed by atoms with Crippen molar-refractivity contribution in [1.29, 1.82) is 0 Å². The van der Waals surface area contributed by atoms with Crippen LogP contribution >= 0.6 is 0 Å². The second-order valence-corrected chi connectivity index (χ2v) is 8.73. The van der Waals surface area contributed by atoms with E-state index in [9.17, 15) is 4.79 Å². The fourth-order valence-electron chi connectivity index (χ4n) is 3.63. The van der Waals surface area contributed by atoms with Gasteiger partial charge >= 0.3 is 6.17 Å². The fourth-order valence-corrected chi connectivity index (χ4v) is 3.63. The number of pyridine rings is 1. The van der Waals surface area contributed by atoms with Crippen molar-refractivity contribution < 1.29 is 9.49 Å². The van der Waals surface area contributed by atoms with E-state index in [2.05, 4.69) is 53.6 Å². The SMILES string of the molecule is CC(=O)N1CCc2cc(Nc3cc(N[C]4C=C(C(C)(C)C)N=[N+]4C)ccn3)ccc21. The smallest absolute Gasteiger partial charge is 0.340 e. The van der Waals surface area contributed by atoms with Crippen molar-refractivity contribution in [2.75, 3.05) is 29.1 Å². The van der Waals surface area contributed by atoms with Crippen LogP contribution in [0.1, 0.15) is 33.3 Å². The predicted molar refractivity (Wildman–Crippen MR) is 119 cm³/mol. The van der Waals surface area contributed by atoms with Gasteiger partial charge in [0.05, 0.1) is 0 Å². The summed E-state index contributed by atoms with van der Waals surface area (Å²) < 4.78 is 1.86. The molecule has 7 nitrogen and oxygen atoms in total. The van der Waals surface area contributed by atoms with Crippen LogP contribution in [0.2, 0.25) is 0 Å². The largest absolute Gasteiger partial charge is 0.373 e. The van der Waals surface area contributed by atoms with Crippen molar-refractivity contribution in [3.05, 3.63) is 60.0 Å². The number of nitrogens with one attached hydrogen (secondary N) is 2. The lowest BCUT2D eigenvalue weighted by atomic mass is 9.92. The number of fused-ring (bicyclic) bond motifs is 1. The van der Waals surface area contributed by atoms with Gasteiger partial charge in [-0.2, -0.15) is 0 Å². The molecule has 0 spiro atoms. The zero-order valence-electron chi connectivity index (χ0n) is 18.2. The van der Waals surface area contributed by atoms with Gasteiger partial charge < -0.3 is 15.5 Å². The summed E-state index contributed by atoms with van der Waals surface area (Å²) >= 11 is 0. The highest BCUT2D eigenvalue weighted by Gasteiger charge is 2.33. The number of hydrogen-bond acceptors (Lipinski definition) is 5. The number of nitrogens with zero attached hydrogens (tertiary/aromatic N) is 4. The summed E-state index contributed by atoms with van der Waals surface area (Å²) in [5.41, 5.74) is 5.10. The fraction of sp³-hybridized carbons (Fsp3) is 0.348. The van der Waals surface area contributed by atoms with Crippen molar-refractivity contribution in [2.45, 2.75) is 34.1 Å². The van der Waals surface area contributed by atoms with Crippen LogP contribution in [0, 0.1) is 11.6 Å². The van der Waals surface area contributed by atoms with E-state index in [0.29, 0.717) is 0 Å². The van der Waals surface area contributed by atoms with Crippen molar-refractivity contribution >= 4 is 28.8 Å². The number of rotatable bonds is 4. The Bertz CT molecular complexity index is 1050. The number of azo groups is 2. The molecular weight excluding hydrogens is 376 g/mol. The topological polar surface area (TPSA) is 72.6 Å². The summed E-state index contributed by atoms with van der Waals surface area (Å²) in [6.45, 7) is 8.81. The van der Waals surface area contributed by atoms with Crippen LogP contribution in [0.4, 0.5) is 22.9 Å². The van der Waals surface area contributed by atoms with Gasteiger partial charge in [-0.15, -0.1) is 0 Å². The van der Waals surface area contributed by atoms with Gasteiger partial charge in [0.1, 0.15) is 11.5 Å². The minimum atomic E-state index is -0.00577. The zero-order valence-corrected chi connectivity index (χ0v) is 18.2. The number of carbonyl (C=O) groups is 1. The van der Waals surface area contributed by atoms with Crippen molar-refractivity contribution in [1.82, 2.24) is 4.98 Å². The van der Waals surface area contributed by atoms with E-state index in [4.69, 9.17) is 0 Å². The van der Waals surface area contributed by atoms with Crippen molar-refractivity contribution in [3.63, 3.8) is 0 Å². The molecule has 0 fully saturated rings. The van der Waals surface area contributed by atoms with Crippen LogP contribution < -0.4 is 15.5 Å². The number of carbonyl (C=O) groups excluding carboxylic acids is 1. The lowest BCUT2D eigenvalue weighted by Gasteiger charge is -2.15. The predicted octanol–water partition coefficient (Wildman–Crippen LogP) is 4.67. The van der Waals surface area contributed by atoms with E-state index >= 15 is 0 Å². The Kier molecular flexibility index (Phi) is 5.05. The molecule has 2 aliphatic rings. The highest BCUT2D eigenvalue weighted by Crippen LogP contribution is 2.34. The molecule has 1 radical (unpaired) electrons. The first-order chi connectivity index (χ1) is 14.2. The Balaban J connectivity index is 1.48. The normalized spacial score (nSPS) is 16.2. The number of anilines is 4. The Morgan fingerprint density at radius 2 is 1.90 bits per heavy atom. The Hall–Kier alpha value is -3.22. The summed E-state index contributed by atoms with van der Waals surface area (Å²) in [6, 6.07) is 9.98. The molecule has 30 heavy (non-hydrogen) atoms. The second kappa shape index (κ2) is 7.55. The Labute approximate surface area is 177 Å². The third-order valence-corrected chi connectivity index (χ3v) is 5.31. The molecule has 1 aromatic heterocycles. The average Bonchev–Trinajstić information content (AvgIpc) is 3.25. The number of benzene rings is 1. The molecule has 2 aromatic rings. The minimum absolute atomic E-state index is 0.00577. The maximum Gasteiger partial charge on any atom is 0.373 e. The molecule has 0 atom stereocenters. The van der Waals surface area contributed by atoms with Gasteiger partial charge in [-0.1, -0.05) is 25.5 Å². The van der Waals surface area contributed by atoms with E-state index in [-0.39, 0.29) is 11.3 Å². The van der Waals surface area contributed by atoms with Gasteiger partial charge in [0.2, 0.25) is 5.91 Å². The van der Waals surface area contributed by atoms with Crippen LogP contribution in [-0.2, 0) is 11.2 Å². The molecule has 0 unspecified atom stereocenters. The van der Waals surface area contributed by atoms with E-state index < -0.39 is 0 Å². The van der Waals surface area contributed by atoms with E-state index in [0.717, 1.165) is 47.7 Å². The van der Waals surface area contributed by atoms with Gasteiger partial charge in [-0.3, -0.25) is 4.79 Å². The Morgan fingerprint density at radius 3 is 2.60 bits per heavy atom. The Morgan fingerprint density at radius 1 is 1.13 bits per heavy atom. The maximum atomic E-state index is 11.7. The van der Waals surface area contributed by atoms with Gasteiger partial charge in [-0.25, -0.2) is 4.98 Å². The average molecular weight is 405 g/mol. The summed E-state index contributed by atoms with van der Waals surface area (Å²) in [5, 5.41) is 11.4. The zero-order chi connectivity index (χ0) is 21.5. The lowest BCUT2D eigenvalue weighted by molar-refractivity contribution is -0.533. The van der Waals surface area contributed by atoms with Crippen LogP contribution in [0.5, 0.6) is 0 Å². The summed E-state index contributed by atoms with van der Waals surface area (Å²) in [4.78, 5) is 18.0. The van der Waals surface area contributed by atoms with Crippen LogP contribution in [-0.4, -0.2) is 29.2 Å².